The maximum atomic E-state index is 12.5. The Morgan fingerprint density at radius 2 is 1.97 bits per heavy atom. The number of amides is 1. The number of halogens is 1. The van der Waals surface area contributed by atoms with Crippen molar-refractivity contribution >= 4 is 51.6 Å². The second kappa shape index (κ2) is 9.50. The molecule has 8 nitrogen and oxygen atoms in total. The first-order valence-corrected chi connectivity index (χ1v) is 11.2. The van der Waals surface area contributed by atoms with Crippen LogP contribution in [-0.4, -0.2) is 39.1 Å². The number of esters is 1. The van der Waals surface area contributed by atoms with Crippen LogP contribution in [0.25, 0.3) is 11.4 Å². The number of carbonyl (C=O) groups excluding carboxylic acids is 2. The van der Waals surface area contributed by atoms with Crippen molar-refractivity contribution in [2.75, 3.05) is 23.5 Å². The monoisotopic (exact) mass is 465 g/mol. The zero-order valence-electron chi connectivity index (χ0n) is 16.6. The number of hydrogen-bond donors (Lipinski definition) is 2. The van der Waals surface area contributed by atoms with E-state index in [0.29, 0.717) is 26.6 Å². The van der Waals surface area contributed by atoms with Crippen LogP contribution >= 0.6 is 34.7 Å². The molecule has 0 aliphatic carbocycles. The molecule has 1 amide bonds. The molecule has 0 bridgehead atoms. The van der Waals surface area contributed by atoms with E-state index < -0.39 is 5.97 Å². The lowest BCUT2D eigenvalue weighted by atomic mass is 10.1. The van der Waals surface area contributed by atoms with Gasteiger partial charge in [0.25, 0.3) is 0 Å². The molecule has 2 aromatic heterocycles. The molecule has 2 heterocycles. The number of aryl methyl sites for hydroxylation is 1. The average Bonchev–Trinajstić information content (AvgIpc) is 3.20. The summed E-state index contributed by atoms with van der Waals surface area (Å²) in [7, 11) is 0. The molecular formula is C19H20ClN5O3S2. The Kier molecular flexibility index (Phi) is 7.01. The van der Waals surface area contributed by atoms with Gasteiger partial charge in [0, 0.05) is 15.5 Å². The quantitative estimate of drug-likeness (QED) is 0.309. The van der Waals surface area contributed by atoms with Gasteiger partial charge in [0.1, 0.15) is 5.00 Å². The lowest BCUT2D eigenvalue weighted by Gasteiger charge is -2.07. The molecule has 0 atom stereocenters. The summed E-state index contributed by atoms with van der Waals surface area (Å²) < 4.78 is 6.43. The summed E-state index contributed by atoms with van der Waals surface area (Å²) in [6.07, 6.45) is 0. The largest absolute Gasteiger partial charge is 0.462 e. The number of anilines is 1. The second-order valence-corrected chi connectivity index (χ2v) is 8.83. The molecule has 3 N–H and O–H groups in total. The van der Waals surface area contributed by atoms with Gasteiger partial charge in [-0.25, -0.2) is 9.47 Å². The van der Waals surface area contributed by atoms with Gasteiger partial charge in [-0.05, 0) is 50.6 Å². The Morgan fingerprint density at radius 3 is 2.63 bits per heavy atom. The summed E-state index contributed by atoms with van der Waals surface area (Å²) in [5.74, 6) is 5.85. The molecule has 0 saturated carbocycles. The van der Waals surface area contributed by atoms with Gasteiger partial charge in [0.05, 0.1) is 17.9 Å². The Bertz CT molecular complexity index is 1080. The van der Waals surface area contributed by atoms with E-state index >= 15 is 0 Å². The van der Waals surface area contributed by atoms with Crippen LogP contribution in [0.5, 0.6) is 0 Å². The maximum Gasteiger partial charge on any atom is 0.341 e. The van der Waals surface area contributed by atoms with Crippen LogP contribution in [0.15, 0.2) is 29.4 Å². The van der Waals surface area contributed by atoms with Crippen molar-refractivity contribution < 1.29 is 14.3 Å². The zero-order chi connectivity index (χ0) is 21.8. The van der Waals surface area contributed by atoms with E-state index in [2.05, 4.69) is 15.5 Å². The topological polar surface area (TPSA) is 112 Å². The minimum atomic E-state index is -0.448. The third-order valence-electron chi connectivity index (χ3n) is 4.22. The molecule has 0 spiro atoms. The molecule has 0 unspecified atom stereocenters. The molecule has 158 valence electrons. The summed E-state index contributed by atoms with van der Waals surface area (Å²) in [5, 5.41) is 12.4. The van der Waals surface area contributed by atoms with Crippen molar-refractivity contribution in [3.63, 3.8) is 0 Å². The van der Waals surface area contributed by atoms with Gasteiger partial charge in [-0.1, -0.05) is 23.4 Å². The molecule has 0 radical (unpaired) electrons. The molecular weight excluding hydrogens is 446 g/mol. The standard InChI is InChI=1S/C19H20ClN5O3S2/c1-4-28-18(27)15-10(2)11(3)30-17(15)22-14(26)9-29-19-24-23-16(25(19)21)12-5-7-13(20)8-6-12/h5-8H,4,9,21H2,1-3H3,(H,22,26). The molecule has 1 aromatic carbocycles. The van der Waals surface area contributed by atoms with Gasteiger partial charge in [0.15, 0.2) is 5.82 Å². The van der Waals surface area contributed by atoms with Crippen LogP contribution in [-0.2, 0) is 9.53 Å². The van der Waals surface area contributed by atoms with Gasteiger partial charge in [-0.3, -0.25) is 4.79 Å². The number of nitrogens with two attached hydrogens (primary N) is 1. The molecule has 3 rings (SSSR count). The summed E-state index contributed by atoms with van der Waals surface area (Å²) in [6, 6.07) is 7.04. The number of nitrogens with zero attached hydrogens (tertiary/aromatic N) is 3. The summed E-state index contributed by atoms with van der Waals surface area (Å²) in [6.45, 7) is 5.72. The Labute approximate surface area is 186 Å². The first kappa shape index (κ1) is 22.1. The molecule has 30 heavy (non-hydrogen) atoms. The number of rotatable bonds is 7. The van der Waals surface area contributed by atoms with Crippen molar-refractivity contribution in [3.05, 3.63) is 45.3 Å². The van der Waals surface area contributed by atoms with Gasteiger partial charge < -0.3 is 15.9 Å². The van der Waals surface area contributed by atoms with Crippen LogP contribution in [0.1, 0.15) is 27.7 Å². The molecule has 0 saturated heterocycles. The highest BCUT2D eigenvalue weighted by molar-refractivity contribution is 7.99. The molecule has 0 fully saturated rings. The highest BCUT2D eigenvalue weighted by atomic mass is 35.5. The molecule has 3 aromatic rings. The highest BCUT2D eigenvalue weighted by Crippen LogP contribution is 2.33. The van der Waals surface area contributed by atoms with Gasteiger partial charge >= 0.3 is 5.97 Å². The van der Waals surface area contributed by atoms with E-state index in [1.807, 2.05) is 13.8 Å². The number of benzene rings is 1. The van der Waals surface area contributed by atoms with Crippen molar-refractivity contribution in [2.24, 2.45) is 0 Å². The molecule has 0 aliphatic rings. The van der Waals surface area contributed by atoms with E-state index in [0.717, 1.165) is 27.8 Å². The lowest BCUT2D eigenvalue weighted by Crippen LogP contribution is -2.17. The maximum absolute atomic E-state index is 12.5. The number of nitrogens with one attached hydrogen (secondary N) is 1. The predicted octanol–water partition coefficient (Wildman–Crippen LogP) is 3.90. The third kappa shape index (κ3) is 4.77. The normalized spacial score (nSPS) is 10.8. The number of thioether (sulfide) groups is 1. The SMILES string of the molecule is CCOC(=O)c1c(NC(=O)CSc2nnc(-c3ccc(Cl)cc3)n2N)sc(C)c1C. The fourth-order valence-electron chi connectivity index (χ4n) is 2.63. The number of aromatic nitrogens is 3. The smallest absolute Gasteiger partial charge is 0.341 e. The Balaban J connectivity index is 1.68. The van der Waals surface area contributed by atoms with Crippen molar-refractivity contribution in [1.29, 1.82) is 0 Å². The van der Waals surface area contributed by atoms with E-state index in [1.165, 1.54) is 16.0 Å². The van der Waals surface area contributed by atoms with Crippen molar-refractivity contribution in [2.45, 2.75) is 25.9 Å². The van der Waals surface area contributed by atoms with E-state index in [9.17, 15) is 9.59 Å². The van der Waals surface area contributed by atoms with Crippen molar-refractivity contribution in [3.8, 4) is 11.4 Å². The molecule has 11 heteroatoms. The summed E-state index contributed by atoms with van der Waals surface area (Å²) in [5.41, 5.74) is 1.95. The lowest BCUT2D eigenvalue weighted by molar-refractivity contribution is -0.113. The average molecular weight is 466 g/mol. The predicted molar refractivity (Wildman–Crippen MR) is 120 cm³/mol. The van der Waals surface area contributed by atoms with E-state index in [-0.39, 0.29) is 18.3 Å². The highest BCUT2D eigenvalue weighted by Gasteiger charge is 2.22. The van der Waals surface area contributed by atoms with Crippen LogP contribution in [0.2, 0.25) is 5.02 Å². The number of nitrogen functional groups attached to an aromatic ring is 1. The fraction of sp³-hybridized carbons (Fsp3) is 0.263. The minimum absolute atomic E-state index is 0.0498. The van der Waals surface area contributed by atoms with Crippen molar-refractivity contribution in [1.82, 2.24) is 14.9 Å². The van der Waals surface area contributed by atoms with E-state index in [4.69, 9.17) is 22.2 Å². The number of ether oxygens (including phenoxy) is 1. The first-order chi connectivity index (χ1) is 14.3. The van der Waals surface area contributed by atoms with Crippen LogP contribution in [0.3, 0.4) is 0 Å². The Hall–Kier alpha value is -2.56. The number of hydrogen-bond acceptors (Lipinski definition) is 8. The van der Waals surface area contributed by atoms with Gasteiger partial charge in [-0.15, -0.1) is 21.5 Å². The van der Waals surface area contributed by atoms with Gasteiger partial charge in [0.2, 0.25) is 11.1 Å². The van der Waals surface area contributed by atoms with Crippen LogP contribution < -0.4 is 11.2 Å². The second-order valence-electron chi connectivity index (χ2n) is 6.23. The minimum Gasteiger partial charge on any atom is -0.462 e. The number of carbonyl (C=O) groups is 2. The van der Waals surface area contributed by atoms with Crippen LogP contribution in [0, 0.1) is 13.8 Å². The molecule has 0 aliphatic heterocycles. The zero-order valence-corrected chi connectivity index (χ0v) is 19.0. The first-order valence-electron chi connectivity index (χ1n) is 8.98. The van der Waals surface area contributed by atoms with E-state index in [1.54, 1.807) is 31.2 Å². The summed E-state index contributed by atoms with van der Waals surface area (Å²) >= 11 is 8.39. The fourth-order valence-corrected chi connectivity index (χ4v) is 4.48. The number of thiophene rings is 1. The summed E-state index contributed by atoms with van der Waals surface area (Å²) in [4.78, 5) is 25.7. The van der Waals surface area contributed by atoms with Gasteiger partial charge in [-0.2, -0.15) is 0 Å². The third-order valence-corrected chi connectivity index (χ3v) is 6.53. The van der Waals surface area contributed by atoms with Crippen LogP contribution in [0.4, 0.5) is 5.00 Å². The Morgan fingerprint density at radius 1 is 1.27 bits per heavy atom.